The zero-order chi connectivity index (χ0) is 13.7. The van der Waals surface area contributed by atoms with E-state index in [1.807, 2.05) is 30.3 Å². The molecule has 4 heteroatoms. The molecule has 4 nitrogen and oxygen atoms in total. The van der Waals surface area contributed by atoms with E-state index in [9.17, 15) is 9.90 Å². The zero-order valence-corrected chi connectivity index (χ0v) is 10.4. The highest BCUT2D eigenvalue weighted by Gasteiger charge is 2.10. The minimum atomic E-state index is -0.767. The molecule has 0 fully saturated rings. The van der Waals surface area contributed by atoms with E-state index in [0.29, 0.717) is 5.75 Å². The molecule has 1 unspecified atom stereocenters. The van der Waals surface area contributed by atoms with Crippen molar-refractivity contribution < 1.29 is 19.4 Å². The Kier molecular flexibility index (Phi) is 4.15. The van der Waals surface area contributed by atoms with Gasteiger partial charge >= 0.3 is 6.16 Å². The van der Waals surface area contributed by atoms with Crippen molar-refractivity contribution in [2.45, 2.75) is 6.10 Å². The number of ether oxygens (including phenoxy) is 2. The Morgan fingerprint density at radius 1 is 1.00 bits per heavy atom. The molecule has 2 aromatic carbocycles. The molecular formula is C15H14O4. The third-order valence-electron chi connectivity index (χ3n) is 2.68. The molecule has 0 aliphatic carbocycles. The Hall–Kier alpha value is -2.33. The van der Waals surface area contributed by atoms with Crippen LogP contribution in [0, 0.1) is 0 Å². The molecule has 0 spiro atoms. The van der Waals surface area contributed by atoms with Gasteiger partial charge < -0.3 is 14.6 Å². The van der Waals surface area contributed by atoms with Gasteiger partial charge in [0.15, 0.2) is 0 Å². The van der Waals surface area contributed by atoms with Crippen molar-refractivity contribution in [1.82, 2.24) is 0 Å². The fourth-order valence-electron chi connectivity index (χ4n) is 1.68. The maximum atomic E-state index is 10.9. The third kappa shape index (κ3) is 3.33. The highest BCUT2D eigenvalue weighted by molar-refractivity contribution is 5.63. The summed E-state index contributed by atoms with van der Waals surface area (Å²) in [5.41, 5.74) is 1.53. The molecule has 0 amide bonds. The van der Waals surface area contributed by atoms with Crippen LogP contribution in [0.2, 0.25) is 0 Å². The molecule has 0 radical (unpaired) electrons. The molecule has 0 aliphatic rings. The molecule has 0 bridgehead atoms. The zero-order valence-electron chi connectivity index (χ0n) is 10.4. The van der Waals surface area contributed by atoms with Gasteiger partial charge in [0.2, 0.25) is 0 Å². The predicted octanol–water partition coefficient (Wildman–Crippen LogP) is 2.91. The molecule has 98 valence electrons. The van der Waals surface area contributed by atoms with E-state index in [-0.39, 0.29) is 0 Å². The number of methoxy groups -OCH3 is 1. The number of carbonyl (C=O) groups excluding carboxylic acids is 1. The third-order valence-corrected chi connectivity index (χ3v) is 2.68. The lowest BCUT2D eigenvalue weighted by molar-refractivity contribution is 0.121. The van der Waals surface area contributed by atoms with Gasteiger partial charge in [-0.3, -0.25) is 0 Å². The van der Waals surface area contributed by atoms with Crippen LogP contribution in [0.25, 0.3) is 0 Å². The number of hydrogen-bond donors (Lipinski definition) is 1. The van der Waals surface area contributed by atoms with Gasteiger partial charge in [0.25, 0.3) is 0 Å². The standard InChI is InChI=1S/C15H14O4/c1-18-15(17)19-13-9-7-12(8-10-13)14(16)11-5-3-2-4-6-11/h2-10,14,16H,1H3. The average molecular weight is 258 g/mol. The largest absolute Gasteiger partial charge is 0.513 e. The van der Waals surface area contributed by atoms with Crippen LogP contribution in [-0.4, -0.2) is 18.4 Å². The van der Waals surface area contributed by atoms with Crippen LogP contribution < -0.4 is 4.74 Å². The Morgan fingerprint density at radius 2 is 1.58 bits per heavy atom. The van der Waals surface area contributed by atoms with Crippen molar-refractivity contribution in [3.63, 3.8) is 0 Å². The Balaban J connectivity index is 2.12. The van der Waals surface area contributed by atoms with Gasteiger partial charge in [-0.2, -0.15) is 0 Å². The smallest absolute Gasteiger partial charge is 0.437 e. The van der Waals surface area contributed by atoms with Crippen molar-refractivity contribution in [2.75, 3.05) is 7.11 Å². The highest BCUT2D eigenvalue weighted by atomic mass is 16.7. The van der Waals surface area contributed by atoms with Crippen LogP contribution in [0.15, 0.2) is 54.6 Å². The van der Waals surface area contributed by atoms with Crippen LogP contribution in [0.3, 0.4) is 0 Å². The summed E-state index contributed by atoms with van der Waals surface area (Å²) in [6.45, 7) is 0. The van der Waals surface area contributed by atoms with Crippen molar-refractivity contribution in [2.24, 2.45) is 0 Å². The lowest BCUT2D eigenvalue weighted by Crippen LogP contribution is -2.07. The van der Waals surface area contributed by atoms with Crippen molar-refractivity contribution in [1.29, 1.82) is 0 Å². The van der Waals surface area contributed by atoms with E-state index in [1.54, 1.807) is 24.3 Å². The van der Waals surface area contributed by atoms with Crippen LogP contribution in [0.1, 0.15) is 17.2 Å². The van der Waals surface area contributed by atoms with E-state index < -0.39 is 12.3 Å². The quantitative estimate of drug-likeness (QED) is 0.679. The number of hydrogen-bond acceptors (Lipinski definition) is 4. The van der Waals surface area contributed by atoms with E-state index in [2.05, 4.69) is 4.74 Å². The molecule has 2 rings (SSSR count). The second-order valence-electron chi connectivity index (χ2n) is 3.94. The SMILES string of the molecule is COC(=O)Oc1ccc(C(O)c2ccccc2)cc1. The number of aliphatic hydroxyl groups excluding tert-OH is 1. The summed E-state index contributed by atoms with van der Waals surface area (Å²) >= 11 is 0. The maximum absolute atomic E-state index is 10.9. The summed E-state index contributed by atoms with van der Waals surface area (Å²) in [6, 6.07) is 16.0. The normalized spacial score (nSPS) is 11.7. The van der Waals surface area contributed by atoms with E-state index >= 15 is 0 Å². The fourth-order valence-corrected chi connectivity index (χ4v) is 1.68. The Morgan fingerprint density at radius 3 is 2.16 bits per heavy atom. The molecule has 19 heavy (non-hydrogen) atoms. The lowest BCUT2D eigenvalue weighted by atomic mass is 10.0. The molecule has 0 aromatic heterocycles. The van der Waals surface area contributed by atoms with Gasteiger partial charge in [0.05, 0.1) is 7.11 Å². The minimum absolute atomic E-state index is 0.371. The summed E-state index contributed by atoms with van der Waals surface area (Å²) in [5.74, 6) is 0.371. The molecule has 1 N–H and O–H groups in total. The van der Waals surface area contributed by atoms with Gasteiger partial charge in [0.1, 0.15) is 11.9 Å². The van der Waals surface area contributed by atoms with Gasteiger partial charge in [-0.05, 0) is 23.3 Å². The van der Waals surface area contributed by atoms with Crippen molar-refractivity contribution >= 4 is 6.16 Å². The molecule has 0 saturated carbocycles. The van der Waals surface area contributed by atoms with Gasteiger partial charge in [0, 0.05) is 0 Å². The second-order valence-corrected chi connectivity index (χ2v) is 3.94. The Bertz CT molecular complexity index is 534. The van der Waals surface area contributed by atoms with E-state index in [1.165, 1.54) is 7.11 Å². The predicted molar refractivity (Wildman–Crippen MR) is 70.0 cm³/mol. The number of aliphatic hydroxyl groups is 1. The number of carbonyl (C=O) groups is 1. The van der Waals surface area contributed by atoms with Gasteiger partial charge in [-0.15, -0.1) is 0 Å². The topological polar surface area (TPSA) is 55.8 Å². The van der Waals surface area contributed by atoms with Crippen molar-refractivity contribution in [3.8, 4) is 5.75 Å². The average Bonchev–Trinajstić information content (AvgIpc) is 2.48. The summed E-state index contributed by atoms with van der Waals surface area (Å²) < 4.78 is 9.25. The molecule has 1 atom stereocenters. The lowest BCUT2D eigenvalue weighted by Gasteiger charge is -2.11. The molecule has 0 heterocycles. The number of benzene rings is 2. The fraction of sp³-hybridized carbons (Fsp3) is 0.133. The summed E-state index contributed by atoms with van der Waals surface area (Å²) in [5, 5.41) is 10.2. The summed E-state index contributed by atoms with van der Waals surface area (Å²) in [7, 11) is 1.25. The van der Waals surface area contributed by atoms with Gasteiger partial charge in [-0.25, -0.2) is 4.79 Å². The number of rotatable bonds is 3. The first-order chi connectivity index (χ1) is 9.20. The van der Waals surface area contributed by atoms with Crippen LogP contribution in [0.4, 0.5) is 4.79 Å². The summed E-state index contributed by atoms with van der Waals surface area (Å²) in [6.07, 6.45) is -1.47. The second kappa shape index (κ2) is 6.02. The molecule has 2 aromatic rings. The molecule has 0 saturated heterocycles. The maximum Gasteiger partial charge on any atom is 0.513 e. The highest BCUT2D eigenvalue weighted by Crippen LogP contribution is 2.23. The van der Waals surface area contributed by atoms with E-state index in [0.717, 1.165) is 11.1 Å². The first-order valence-electron chi connectivity index (χ1n) is 5.79. The van der Waals surface area contributed by atoms with E-state index in [4.69, 9.17) is 4.74 Å². The van der Waals surface area contributed by atoms with Crippen LogP contribution in [-0.2, 0) is 4.74 Å². The van der Waals surface area contributed by atoms with Crippen LogP contribution in [0.5, 0.6) is 5.75 Å². The first kappa shape index (κ1) is 13.1. The summed E-state index contributed by atoms with van der Waals surface area (Å²) in [4.78, 5) is 10.9. The molecular weight excluding hydrogens is 244 g/mol. The van der Waals surface area contributed by atoms with Crippen LogP contribution >= 0.6 is 0 Å². The first-order valence-corrected chi connectivity index (χ1v) is 5.79. The monoisotopic (exact) mass is 258 g/mol. The van der Waals surface area contributed by atoms with Crippen molar-refractivity contribution in [3.05, 3.63) is 65.7 Å². The molecule has 0 aliphatic heterocycles. The van der Waals surface area contributed by atoms with Gasteiger partial charge in [-0.1, -0.05) is 42.5 Å². The minimum Gasteiger partial charge on any atom is -0.437 e. The Labute approximate surface area is 111 Å².